The number of aromatic nitrogens is 1. The highest BCUT2D eigenvalue weighted by molar-refractivity contribution is 5.40. The number of aliphatic hydroxyl groups is 1. The summed E-state index contributed by atoms with van der Waals surface area (Å²) < 4.78 is 0. The highest BCUT2D eigenvalue weighted by atomic mass is 19.0. The van der Waals surface area contributed by atoms with Crippen LogP contribution in [-0.4, -0.2) is 15.2 Å². The summed E-state index contributed by atoms with van der Waals surface area (Å²) >= 11 is 0. The fourth-order valence-corrected chi connectivity index (χ4v) is 1.05. The van der Waals surface area contributed by atoms with Gasteiger partial charge in [-0.25, -0.2) is 0 Å². The van der Waals surface area contributed by atoms with Crippen LogP contribution in [0, 0.1) is 6.92 Å². The first-order valence-corrected chi connectivity index (χ1v) is 3.68. The van der Waals surface area contributed by atoms with Gasteiger partial charge in [-0.2, -0.15) is 0 Å². The highest BCUT2D eigenvalue weighted by Gasteiger charge is 2.08. The van der Waals surface area contributed by atoms with Crippen molar-refractivity contribution < 1.29 is 14.9 Å². The summed E-state index contributed by atoms with van der Waals surface area (Å²) in [6, 6.07) is 0. The Labute approximate surface area is 75.4 Å². The van der Waals surface area contributed by atoms with Crippen molar-refractivity contribution in [2.45, 2.75) is 20.1 Å². The minimum atomic E-state index is -0.145. The molecule has 5 heteroatoms. The standard InChI is InChI=1S/C8H12N2O2.FH/c1-5-8(12)7(2-9)6(4-11)3-10-5;/h3,11-12H,2,4,9H2,1H3;1H. The molecule has 0 amide bonds. The van der Waals surface area contributed by atoms with Crippen molar-refractivity contribution >= 4 is 0 Å². The number of nitrogens with two attached hydrogens (primary N) is 1. The fraction of sp³-hybridized carbons (Fsp3) is 0.375. The number of aryl methyl sites for hydroxylation is 1. The van der Waals surface area contributed by atoms with Gasteiger partial charge in [0.25, 0.3) is 0 Å². The zero-order valence-corrected chi connectivity index (χ0v) is 7.32. The van der Waals surface area contributed by atoms with Crippen LogP contribution in [0.4, 0.5) is 4.70 Å². The molecule has 0 saturated carbocycles. The average molecular weight is 188 g/mol. The van der Waals surface area contributed by atoms with Crippen molar-refractivity contribution in [3.63, 3.8) is 0 Å². The van der Waals surface area contributed by atoms with Gasteiger partial charge in [0.15, 0.2) is 0 Å². The van der Waals surface area contributed by atoms with Crippen LogP contribution in [0.2, 0.25) is 0 Å². The summed E-state index contributed by atoms with van der Waals surface area (Å²) in [6.45, 7) is 1.76. The maximum atomic E-state index is 9.46. The average Bonchev–Trinajstić information content (AvgIpc) is 2.09. The molecule has 1 rings (SSSR count). The number of nitrogens with zero attached hydrogens (tertiary/aromatic N) is 1. The van der Waals surface area contributed by atoms with E-state index in [-0.39, 0.29) is 23.6 Å². The Hall–Kier alpha value is -1.20. The summed E-state index contributed by atoms with van der Waals surface area (Å²) in [5.41, 5.74) is 7.09. The molecular weight excluding hydrogens is 175 g/mol. The van der Waals surface area contributed by atoms with E-state index in [1.165, 1.54) is 6.20 Å². The smallest absolute Gasteiger partial charge is 0.141 e. The van der Waals surface area contributed by atoms with E-state index >= 15 is 0 Å². The monoisotopic (exact) mass is 188 g/mol. The van der Waals surface area contributed by atoms with Crippen molar-refractivity contribution in [1.82, 2.24) is 4.98 Å². The van der Waals surface area contributed by atoms with Gasteiger partial charge in [-0.05, 0) is 6.92 Å². The van der Waals surface area contributed by atoms with Crippen molar-refractivity contribution in [3.8, 4) is 5.75 Å². The topological polar surface area (TPSA) is 79.4 Å². The van der Waals surface area contributed by atoms with Crippen LogP contribution in [0.3, 0.4) is 0 Å². The molecule has 4 nitrogen and oxygen atoms in total. The number of hydrogen-bond acceptors (Lipinski definition) is 4. The van der Waals surface area contributed by atoms with E-state index in [0.29, 0.717) is 16.8 Å². The van der Waals surface area contributed by atoms with Gasteiger partial charge in [0.05, 0.1) is 12.3 Å². The van der Waals surface area contributed by atoms with Gasteiger partial charge in [-0.3, -0.25) is 9.69 Å². The van der Waals surface area contributed by atoms with Crippen molar-refractivity contribution in [1.29, 1.82) is 0 Å². The molecule has 74 valence electrons. The molecule has 0 aliphatic rings. The molecule has 0 bridgehead atoms. The second kappa shape index (κ2) is 4.74. The minimum Gasteiger partial charge on any atom is -0.506 e. The van der Waals surface area contributed by atoms with Crippen LogP contribution >= 0.6 is 0 Å². The predicted octanol–water partition coefficient (Wildman–Crippen LogP) is 0.199. The molecule has 1 aromatic rings. The van der Waals surface area contributed by atoms with E-state index in [0.717, 1.165) is 0 Å². The number of halogens is 1. The van der Waals surface area contributed by atoms with Gasteiger partial charge in [0, 0.05) is 23.9 Å². The van der Waals surface area contributed by atoms with E-state index < -0.39 is 0 Å². The molecule has 0 unspecified atom stereocenters. The molecule has 0 atom stereocenters. The molecule has 1 aromatic heterocycles. The number of aliphatic hydroxyl groups excluding tert-OH is 1. The third-order valence-electron chi connectivity index (χ3n) is 1.80. The van der Waals surface area contributed by atoms with Crippen LogP contribution in [0.1, 0.15) is 16.8 Å². The molecule has 0 aliphatic carbocycles. The van der Waals surface area contributed by atoms with Gasteiger partial charge in [0.1, 0.15) is 5.75 Å². The quantitative estimate of drug-likeness (QED) is 0.619. The maximum absolute atomic E-state index is 9.46. The van der Waals surface area contributed by atoms with Crippen LogP contribution < -0.4 is 5.73 Å². The zero-order valence-electron chi connectivity index (χ0n) is 7.32. The third-order valence-corrected chi connectivity index (χ3v) is 1.80. The maximum Gasteiger partial charge on any atom is 0.141 e. The first-order chi connectivity index (χ1) is 5.70. The third kappa shape index (κ3) is 2.13. The van der Waals surface area contributed by atoms with E-state index in [4.69, 9.17) is 10.8 Å². The Kier molecular flexibility index (Phi) is 4.30. The fourth-order valence-electron chi connectivity index (χ4n) is 1.05. The van der Waals surface area contributed by atoms with Crippen LogP contribution in [0.25, 0.3) is 0 Å². The number of hydrogen-bond donors (Lipinski definition) is 3. The van der Waals surface area contributed by atoms with Crippen LogP contribution in [0.5, 0.6) is 5.75 Å². The Morgan fingerprint density at radius 3 is 2.62 bits per heavy atom. The van der Waals surface area contributed by atoms with E-state index in [9.17, 15) is 5.11 Å². The Morgan fingerprint density at radius 2 is 2.15 bits per heavy atom. The van der Waals surface area contributed by atoms with Gasteiger partial charge >= 0.3 is 0 Å². The lowest BCUT2D eigenvalue weighted by Crippen LogP contribution is -2.04. The number of aromatic hydroxyl groups is 1. The second-order valence-electron chi connectivity index (χ2n) is 2.56. The first kappa shape index (κ1) is 11.8. The lowest BCUT2D eigenvalue weighted by atomic mass is 10.1. The molecule has 13 heavy (non-hydrogen) atoms. The van der Waals surface area contributed by atoms with Gasteiger partial charge in [-0.1, -0.05) is 0 Å². The summed E-state index contributed by atoms with van der Waals surface area (Å²) in [6.07, 6.45) is 1.53. The largest absolute Gasteiger partial charge is 0.506 e. The summed E-state index contributed by atoms with van der Waals surface area (Å²) in [5, 5.41) is 18.3. The van der Waals surface area contributed by atoms with E-state index in [1.807, 2.05) is 0 Å². The lowest BCUT2D eigenvalue weighted by Gasteiger charge is -2.08. The lowest BCUT2D eigenvalue weighted by molar-refractivity contribution is 0.279. The molecule has 0 fully saturated rings. The van der Waals surface area contributed by atoms with Crippen molar-refractivity contribution in [2.24, 2.45) is 5.73 Å². The van der Waals surface area contributed by atoms with Gasteiger partial charge in [0.2, 0.25) is 0 Å². The predicted molar refractivity (Wildman–Crippen MR) is 47.0 cm³/mol. The highest BCUT2D eigenvalue weighted by Crippen LogP contribution is 2.22. The molecule has 0 aliphatic heterocycles. The van der Waals surface area contributed by atoms with Crippen molar-refractivity contribution in [2.75, 3.05) is 0 Å². The van der Waals surface area contributed by atoms with Crippen molar-refractivity contribution in [3.05, 3.63) is 23.0 Å². The summed E-state index contributed by atoms with van der Waals surface area (Å²) in [5.74, 6) is 0.0871. The van der Waals surface area contributed by atoms with Gasteiger partial charge in [-0.15, -0.1) is 0 Å². The molecule has 1 heterocycles. The second-order valence-corrected chi connectivity index (χ2v) is 2.56. The van der Waals surface area contributed by atoms with E-state index in [1.54, 1.807) is 6.92 Å². The summed E-state index contributed by atoms with van der Waals surface area (Å²) in [7, 11) is 0. The molecular formula is C8H13FN2O2. The van der Waals surface area contributed by atoms with Gasteiger partial charge < -0.3 is 15.9 Å². The SMILES string of the molecule is Cc1ncc(CO)c(CN)c1O.F. The molecule has 0 aromatic carbocycles. The molecule has 0 spiro atoms. The zero-order chi connectivity index (χ0) is 9.14. The molecule has 0 radical (unpaired) electrons. The normalized spacial score (nSPS) is 9.46. The Morgan fingerprint density at radius 1 is 1.54 bits per heavy atom. The molecule has 4 N–H and O–H groups in total. The Balaban J connectivity index is 0.00000144. The number of pyridine rings is 1. The first-order valence-electron chi connectivity index (χ1n) is 3.68. The summed E-state index contributed by atoms with van der Waals surface area (Å²) in [4.78, 5) is 3.89. The number of rotatable bonds is 2. The van der Waals surface area contributed by atoms with E-state index in [2.05, 4.69) is 4.98 Å². The molecule has 0 saturated heterocycles. The van der Waals surface area contributed by atoms with Crippen LogP contribution in [-0.2, 0) is 13.2 Å². The van der Waals surface area contributed by atoms with Crippen LogP contribution in [0.15, 0.2) is 6.20 Å². The minimum absolute atomic E-state index is 0. The Bertz CT molecular complexity index is 292.